The van der Waals surface area contributed by atoms with E-state index in [9.17, 15) is 14.4 Å². The second-order valence-corrected chi connectivity index (χ2v) is 4.15. The van der Waals surface area contributed by atoms with Crippen LogP contribution in [0.4, 0.5) is 0 Å². The fourth-order valence-electron chi connectivity index (χ4n) is 1.45. The number of ketones is 1. The van der Waals surface area contributed by atoms with Gasteiger partial charge in [-0.05, 0) is 5.56 Å². The van der Waals surface area contributed by atoms with Gasteiger partial charge in [0, 0.05) is 6.08 Å². The van der Waals surface area contributed by atoms with E-state index in [1.807, 2.05) is 0 Å². The van der Waals surface area contributed by atoms with Crippen LogP contribution < -0.4 is 0 Å². The molecule has 5 nitrogen and oxygen atoms in total. The Morgan fingerprint density at radius 2 is 1.55 bits per heavy atom. The molecule has 0 saturated carbocycles. The van der Waals surface area contributed by atoms with E-state index in [0.717, 1.165) is 20.3 Å². The average Bonchev–Trinajstić information content (AvgIpc) is 2.47. The summed E-state index contributed by atoms with van der Waals surface area (Å²) in [7, 11) is 2.15. The number of hydrogen-bond donors (Lipinski definition) is 0. The van der Waals surface area contributed by atoms with E-state index in [2.05, 4.69) is 9.47 Å². The maximum atomic E-state index is 12.0. The maximum Gasteiger partial charge on any atom is 0.328 e. The summed E-state index contributed by atoms with van der Waals surface area (Å²) in [4.78, 5) is 34.9. The van der Waals surface area contributed by atoms with Crippen molar-refractivity contribution in [3.8, 4) is 0 Å². The van der Waals surface area contributed by atoms with Crippen molar-refractivity contribution in [2.75, 3.05) is 14.2 Å². The highest BCUT2D eigenvalue weighted by Gasteiger charge is 2.35. The first-order chi connectivity index (χ1) is 9.51. The van der Waals surface area contributed by atoms with Gasteiger partial charge in [-0.1, -0.05) is 41.9 Å². The van der Waals surface area contributed by atoms with Gasteiger partial charge in [-0.25, -0.2) is 0 Å². The fourth-order valence-corrected chi connectivity index (χ4v) is 1.69. The van der Waals surface area contributed by atoms with Crippen molar-refractivity contribution in [1.82, 2.24) is 0 Å². The van der Waals surface area contributed by atoms with E-state index in [4.69, 9.17) is 11.6 Å². The number of allylic oxidation sites excluding steroid dienone is 1. The number of ether oxygens (including phenoxy) is 2. The lowest BCUT2D eigenvalue weighted by Gasteiger charge is -2.09. The van der Waals surface area contributed by atoms with Crippen LogP contribution >= 0.6 is 11.6 Å². The van der Waals surface area contributed by atoms with Crippen molar-refractivity contribution >= 4 is 34.4 Å². The van der Waals surface area contributed by atoms with E-state index in [1.54, 1.807) is 30.3 Å². The number of hydrogen-bond acceptors (Lipinski definition) is 5. The highest BCUT2D eigenvalue weighted by molar-refractivity contribution is 6.50. The maximum absolute atomic E-state index is 12.0. The van der Waals surface area contributed by atoms with Gasteiger partial charge < -0.3 is 9.47 Å². The molecule has 0 N–H and O–H groups in total. The summed E-state index contributed by atoms with van der Waals surface area (Å²) in [5.74, 6) is -4.44. The zero-order valence-electron chi connectivity index (χ0n) is 11.0. The molecule has 6 heteroatoms. The highest BCUT2D eigenvalue weighted by atomic mass is 35.5. The summed E-state index contributed by atoms with van der Waals surface area (Å²) in [5.41, 5.74) is 0.594. The van der Waals surface area contributed by atoms with Crippen LogP contribution in [0, 0.1) is 5.92 Å². The Labute approximate surface area is 121 Å². The number of halogens is 1. The van der Waals surface area contributed by atoms with Crippen LogP contribution in [0.25, 0.3) is 5.03 Å². The molecule has 0 amide bonds. The molecular weight excluding hydrogens is 284 g/mol. The Morgan fingerprint density at radius 1 is 1.05 bits per heavy atom. The fraction of sp³-hybridized carbons (Fsp3) is 0.214. The molecule has 20 heavy (non-hydrogen) atoms. The topological polar surface area (TPSA) is 69.7 Å². The van der Waals surface area contributed by atoms with Gasteiger partial charge >= 0.3 is 11.9 Å². The van der Waals surface area contributed by atoms with Gasteiger partial charge in [-0.2, -0.15) is 0 Å². The second-order valence-electron chi connectivity index (χ2n) is 3.74. The molecule has 1 aromatic rings. The molecule has 0 unspecified atom stereocenters. The van der Waals surface area contributed by atoms with Gasteiger partial charge in [0.05, 0.1) is 19.3 Å². The molecule has 0 aromatic heterocycles. The van der Waals surface area contributed by atoms with E-state index in [-0.39, 0.29) is 5.03 Å². The average molecular weight is 297 g/mol. The standard InChI is InChI=1S/C14H13ClO5/c1-19-13(17)12(14(18)20-2)11(16)8-10(15)9-6-4-3-5-7-9/h3-8,12H,1-2H3. The molecule has 0 fully saturated rings. The van der Waals surface area contributed by atoms with Crippen LogP contribution in [0.1, 0.15) is 5.56 Å². The third-order valence-corrected chi connectivity index (χ3v) is 2.80. The van der Waals surface area contributed by atoms with Crippen LogP contribution in [0.15, 0.2) is 36.4 Å². The van der Waals surface area contributed by atoms with Crippen molar-refractivity contribution in [2.45, 2.75) is 0 Å². The van der Waals surface area contributed by atoms with Crippen molar-refractivity contribution in [2.24, 2.45) is 5.92 Å². The molecule has 0 spiro atoms. The smallest absolute Gasteiger partial charge is 0.328 e. The molecule has 0 aliphatic heterocycles. The number of rotatable bonds is 5. The lowest BCUT2D eigenvalue weighted by atomic mass is 10.0. The molecule has 0 aliphatic carbocycles. The number of carbonyl (C=O) groups excluding carboxylic acids is 3. The highest BCUT2D eigenvalue weighted by Crippen LogP contribution is 2.19. The lowest BCUT2D eigenvalue weighted by Crippen LogP contribution is -2.32. The predicted molar refractivity (Wildman–Crippen MR) is 72.8 cm³/mol. The molecule has 1 rings (SSSR count). The van der Waals surface area contributed by atoms with E-state index in [0.29, 0.717) is 5.56 Å². The number of esters is 2. The van der Waals surface area contributed by atoms with Gasteiger partial charge in [-0.15, -0.1) is 0 Å². The Balaban J connectivity index is 3.02. The summed E-state index contributed by atoms with van der Waals surface area (Å²) in [6, 6.07) is 8.66. The van der Waals surface area contributed by atoms with Crippen LogP contribution in [0.2, 0.25) is 0 Å². The van der Waals surface area contributed by atoms with Gasteiger partial charge in [-0.3, -0.25) is 14.4 Å². The Morgan fingerprint density at radius 3 is 2.00 bits per heavy atom. The molecule has 1 aromatic carbocycles. The molecule has 106 valence electrons. The Bertz CT molecular complexity index is 520. The van der Waals surface area contributed by atoms with Crippen LogP contribution in [-0.4, -0.2) is 31.9 Å². The third-order valence-electron chi connectivity index (χ3n) is 2.48. The quantitative estimate of drug-likeness (QED) is 0.471. The zero-order chi connectivity index (χ0) is 15.1. The third kappa shape index (κ3) is 3.93. The first-order valence-electron chi connectivity index (χ1n) is 5.63. The van der Waals surface area contributed by atoms with E-state index < -0.39 is 23.6 Å². The molecule has 0 atom stereocenters. The summed E-state index contributed by atoms with van der Waals surface area (Å²) < 4.78 is 8.82. The van der Waals surface area contributed by atoms with Crippen molar-refractivity contribution in [3.63, 3.8) is 0 Å². The van der Waals surface area contributed by atoms with Crippen molar-refractivity contribution in [3.05, 3.63) is 42.0 Å². The van der Waals surface area contributed by atoms with Crippen LogP contribution in [-0.2, 0) is 23.9 Å². The monoisotopic (exact) mass is 296 g/mol. The Kier molecular flexibility index (Phi) is 5.93. The Hall–Kier alpha value is -2.14. The van der Waals surface area contributed by atoms with Gasteiger partial charge in [0.15, 0.2) is 5.78 Å². The molecule has 0 heterocycles. The summed E-state index contributed by atoms with van der Waals surface area (Å²) in [6.45, 7) is 0. The van der Waals surface area contributed by atoms with Crippen molar-refractivity contribution < 1.29 is 23.9 Å². The number of benzene rings is 1. The molecule has 0 saturated heterocycles. The van der Waals surface area contributed by atoms with Crippen molar-refractivity contribution in [1.29, 1.82) is 0 Å². The van der Waals surface area contributed by atoms with Gasteiger partial charge in [0.2, 0.25) is 5.92 Å². The van der Waals surface area contributed by atoms with Gasteiger partial charge in [0.1, 0.15) is 0 Å². The normalized spacial score (nSPS) is 11.1. The SMILES string of the molecule is COC(=O)C(C(=O)C=C(Cl)c1ccccc1)C(=O)OC. The van der Waals surface area contributed by atoms with E-state index >= 15 is 0 Å². The van der Waals surface area contributed by atoms with Gasteiger partial charge in [0.25, 0.3) is 0 Å². The number of methoxy groups -OCH3 is 2. The van der Waals surface area contributed by atoms with E-state index in [1.165, 1.54) is 0 Å². The largest absolute Gasteiger partial charge is 0.468 e. The van der Waals surface area contributed by atoms with Crippen LogP contribution in [0.3, 0.4) is 0 Å². The lowest BCUT2D eigenvalue weighted by molar-refractivity contribution is -0.160. The van der Waals surface area contributed by atoms with Crippen LogP contribution in [0.5, 0.6) is 0 Å². The first kappa shape index (κ1) is 15.9. The predicted octanol–water partition coefficient (Wildman–Crippen LogP) is 1.80. The minimum atomic E-state index is -1.66. The first-order valence-corrected chi connectivity index (χ1v) is 6.01. The minimum absolute atomic E-state index is 0.119. The second kappa shape index (κ2) is 7.45. The summed E-state index contributed by atoms with van der Waals surface area (Å²) in [6.07, 6.45) is 1.01. The summed E-state index contributed by atoms with van der Waals surface area (Å²) in [5, 5.41) is 0.119. The summed E-state index contributed by atoms with van der Waals surface area (Å²) >= 11 is 5.98. The molecular formula is C14H13ClO5. The number of carbonyl (C=O) groups is 3. The molecule has 0 radical (unpaired) electrons. The zero-order valence-corrected chi connectivity index (χ0v) is 11.7. The molecule has 0 bridgehead atoms. The minimum Gasteiger partial charge on any atom is -0.468 e. The molecule has 0 aliphatic rings.